The van der Waals surface area contributed by atoms with Crippen molar-refractivity contribution in [3.05, 3.63) is 64.7 Å². The van der Waals surface area contributed by atoms with Gasteiger partial charge in [0.15, 0.2) is 0 Å². The van der Waals surface area contributed by atoms with E-state index in [0.717, 1.165) is 11.1 Å². The van der Waals surface area contributed by atoms with E-state index in [9.17, 15) is 5.11 Å². The predicted molar refractivity (Wildman–Crippen MR) is 72.9 cm³/mol. The average Bonchev–Trinajstić information content (AvgIpc) is 2.38. The molecule has 2 aromatic rings. The largest absolute Gasteiger partial charge is 0.487 e. The monoisotopic (exact) mass is 262 g/mol. The molecule has 0 aliphatic rings. The Morgan fingerprint density at radius 2 is 1.89 bits per heavy atom. The molecule has 18 heavy (non-hydrogen) atoms. The molecule has 0 amide bonds. The first-order valence-corrected chi connectivity index (χ1v) is 6.19. The summed E-state index contributed by atoms with van der Waals surface area (Å²) in [5, 5.41) is 10.1. The Kier molecular flexibility index (Phi) is 4.24. The van der Waals surface area contributed by atoms with Gasteiger partial charge in [-0.25, -0.2) is 0 Å². The van der Waals surface area contributed by atoms with Crippen molar-refractivity contribution in [2.45, 2.75) is 19.6 Å². The molecule has 2 aromatic carbocycles. The molecule has 1 atom stereocenters. The van der Waals surface area contributed by atoms with Crippen molar-refractivity contribution < 1.29 is 9.84 Å². The van der Waals surface area contributed by atoms with Gasteiger partial charge >= 0.3 is 0 Å². The number of ether oxygens (including phenoxy) is 1. The fraction of sp³-hybridized carbons (Fsp3) is 0.200. The first-order chi connectivity index (χ1) is 8.66. The van der Waals surface area contributed by atoms with Crippen LogP contribution in [0.5, 0.6) is 5.75 Å². The Bertz CT molecular complexity index is 509. The number of rotatable bonds is 4. The zero-order chi connectivity index (χ0) is 13.0. The van der Waals surface area contributed by atoms with Gasteiger partial charge in [-0.05, 0) is 30.2 Å². The molecule has 1 unspecified atom stereocenters. The van der Waals surface area contributed by atoms with Crippen molar-refractivity contribution >= 4 is 11.6 Å². The molecule has 0 saturated heterocycles. The standard InChI is InChI=1S/C15H15ClO2/c1-11(17)13-7-8-14(16)15(9-13)18-10-12-5-3-2-4-6-12/h2-9,11,17H,10H2,1H3. The number of aliphatic hydroxyl groups excluding tert-OH is 1. The second-order valence-electron chi connectivity index (χ2n) is 4.14. The summed E-state index contributed by atoms with van der Waals surface area (Å²) in [5.41, 5.74) is 1.87. The average molecular weight is 263 g/mol. The van der Waals surface area contributed by atoms with Crippen LogP contribution in [0.25, 0.3) is 0 Å². The van der Waals surface area contributed by atoms with E-state index >= 15 is 0 Å². The summed E-state index contributed by atoms with van der Waals surface area (Å²) in [6, 6.07) is 15.2. The molecule has 0 aliphatic heterocycles. The van der Waals surface area contributed by atoms with Gasteiger partial charge in [0, 0.05) is 0 Å². The van der Waals surface area contributed by atoms with E-state index in [2.05, 4.69) is 0 Å². The maximum atomic E-state index is 9.53. The summed E-state index contributed by atoms with van der Waals surface area (Å²) in [5.74, 6) is 0.596. The highest BCUT2D eigenvalue weighted by Gasteiger charge is 2.07. The quantitative estimate of drug-likeness (QED) is 0.903. The van der Waals surface area contributed by atoms with E-state index in [-0.39, 0.29) is 0 Å². The van der Waals surface area contributed by atoms with Crippen LogP contribution >= 0.6 is 11.6 Å². The molecular weight excluding hydrogens is 248 g/mol. The molecule has 2 rings (SSSR count). The van der Waals surface area contributed by atoms with E-state index < -0.39 is 6.10 Å². The first kappa shape index (κ1) is 12.9. The number of halogens is 1. The summed E-state index contributed by atoms with van der Waals surface area (Å²) in [6.45, 7) is 2.17. The molecular formula is C15H15ClO2. The summed E-state index contributed by atoms with van der Waals surface area (Å²) >= 11 is 6.06. The molecule has 2 nitrogen and oxygen atoms in total. The fourth-order valence-corrected chi connectivity index (χ4v) is 1.80. The predicted octanol–water partition coefficient (Wildman–Crippen LogP) is 3.97. The van der Waals surface area contributed by atoms with Gasteiger partial charge in [0.2, 0.25) is 0 Å². The summed E-state index contributed by atoms with van der Waals surface area (Å²) < 4.78 is 5.67. The van der Waals surface area contributed by atoms with Crippen LogP contribution in [0.1, 0.15) is 24.2 Å². The highest BCUT2D eigenvalue weighted by molar-refractivity contribution is 6.32. The second kappa shape index (κ2) is 5.89. The normalized spacial score (nSPS) is 12.2. The minimum atomic E-state index is -0.527. The van der Waals surface area contributed by atoms with E-state index in [4.69, 9.17) is 16.3 Å². The van der Waals surface area contributed by atoms with Gasteiger partial charge in [0.25, 0.3) is 0 Å². The van der Waals surface area contributed by atoms with Crippen LogP contribution in [0.15, 0.2) is 48.5 Å². The van der Waals surface area contributed by atoms with Gasteiger partial charge in [-0.3, -0.25) is 0 Å². The highest BCUT2D eigenvalue weighted by Crippen LogP contribution is 2.28. The molecule has 0 bridgehead atoms. The number of aliphatic hydroxyl groups is 1. The Hall–Kier alpha value is -1.51. The van der Waals surface area contributed by atoms with Crippen LogP contribution in [0.3, 0.4) is 0 Å². The Morgan fingerprint density at radius 1 is 1.17 bits per heavy atom. The second-order valence-corrected chi connectivity index (χ2v) is 4.55. The van der Waals surface area contributed by atoms with E-state index in [1.165, 1.54) is 0 Å². The number of hydrogen-bond donors (Lipinski definition) is 1. The maximum Gasteiger partial charge on any atom is 0.138 e. The molecule has 0 saturated carbocycles. The van der Waals surface area contributed by atoms with Crippen molar-refractivity contribution in [3.63, 3.8) is 0 Å². The van der Waals surface area contributed by atoms with Crippen molar-refractivity contribution in [2.75, 3.05) is 0 Å². The molecule has 0 aliphatic carbocycles. The molecule has 0 aromatic heterocycles. The Morgan fingerprint density at radius 3 is 2.56 bits per heavy atom. The number of hydrogen-bond acceptors (Lipinski definition) is 2. The van der Waals surface area contributed by atoms with Gasteiger partial charge in [-0.2, -0.15) is 0 Å². The topological polar surface area (TPSA) is 29.5 Å². The summed E-state index contributed by atoms with van der Waals surface area (Å²) in [7, 11) is 0. The maximum absolute atomic E-state index is 9.53. The van der Waals surface area contributed by atoms with Crippen molar-refractivity contribution in [3.8, 4) is 5.75 Å². The van der Waals surface area contributed by atoms with Crippen LogP contribution < -0.4 is 4.74 Å². The van der Waals surface area contributed by atoms with Crippen molar-refractivity contribution in [2.24, 2.45) is 0 Å². The lowest BCUT2D eigenvalue weighted by molar-refractivity contribution is 0.198. The lowest BCUT2D eigenvalue weighted by Gasteiger charge is -2.11. The van der Waals surface area contributed by atoms with Gasteiger partial charge in [-0.15, -0.1) is 0 Å². The lowest BCUT2D eigenvalue weighted by Crippen LogP contribution is -1.98. The molecule has 94 valence electrons. The van der Waals surface area contributed by atoms with Gasteiger partial charge in [0.1, 0.15) is 12.4 Å². The van der Waals surface area contributed by atoms with Gasteiger partial charge < -0.3 is 9.84 Å². The summed E-state index contributed by atoms with van der Waals surface area (Å²) in [4.78, 5) is 0. The zero-order valence-corrected chi connectivity index (χ0v) is 10.9. The van der Waals surface area contributed by atoms with E-state index in [1.807, 2.05) is 30.3 Å². The van der Waals surface area contributed by atoms with Gasteiger partial charge in [-0.1, -0.05) is 48.0 Å². The minimum absolute atomic E-state index is 0.462. The van der Waals surface area contributed by atoms with Crippen molar-refractivity contribution in [1.82, 2.24) is 0 Å². The fourth-order valence-electron chi connectivity index (χ4n) is 1.63. The van der Waals surface area contributed by atoms with E-state index in [1.54, 1.807) is 25.1 Å². The SMILES string of the molecule is CC(O)c1ccc(Cl)c(OCc2ccccc2)c1. The molecule has 0 radical (unpaired) electrons. The zero-order valence-electron chi connectivity index (χ0n) is 10.1. The highest BCUT2D eigenvalue weighted by atomic mass is 35.5. The molecule has 3 heteroatoms. The van der Waals surface area contributed by atoms with Crippen LogP contribution in [0.2, 0.25) is 5.02 Å². The molecule has 1 N–H and O–H groups in total. The molecule has 0 fully saturated rings. The van der Waals surface area contributed by atoms with Crippen LogP contribution in [0.4, 0.5) is 0 Å². The third-order valence-electron chi connectivity index (χ3n) is 2.67. The number of benzene rings is 2. The lowest BCUT2D eigenvalue weighted by atomic mass is 10.1. The molecule has 0 heterocycles. The summed E-state index contributed by atoms with van der Waals surface area (Å²) in [6.07, 6.45) is -0.527. The third-order valence-corrected chi connectivity index (χ3v) is 2.99. The first-order valence-electron chi connectivity index (χ1n) is 5.81. The van der Waals surface area contributed by atoms with Gasteiger partial charge in [0.05, 0.1) is 11.1 Å². The van der Waals surface area contributed by atoms with E-state index in [0.29, 0.717) is 17.4 Å². The Labute approximate surface area is 112 Å². The van der Waals surface area contributed by atoms with Crippen LogP contribution in [-0.2, 0) is 6.61 Å². The molecule has 0 spiro atoms. The Balaban J connectivity index is 2.11. The third kappa shape index (κ3) is 3.25. The minimum Gasteiger partial charge on any atom is -0.487 e. The van der Waals surface area contributed by atoms with Crippen LogP contribution in [-0.4, -0.2) is 5.11 Å². The smallest absolute Gasteiger partial charge is 0.138 e. The van der Waals surface area contributed by atoms with Crippen molar-refractivity contribution in [1.29, 1.82) is 0 Å². The van der Waals surface area contributed by atoms with Crippen LogP contribution in [0, 0.1) is 0 Å².